The fourth-order valence-corrected chi connectivity index (χ4v) is 3.25. The second-order valence-electron chi connectivity index (χ2n) is 6.39. The summed E-state index contributed by atoms with van der Waals surface area (Å²) in [6, 6.07) is 0. The summed E-state index contributed by atoms with van der Waals surface area (Å²) in [6.45, 7) is 7.93. The average Bonchev–Trinajstić information content (AvgIpc) is 3.38. The average molecular weight is 302 g/mol. The molecule has 2 heterocycles. The summed E-state index contributed by atoms with van der Waals surface area (Å²) in [7, 11) is 0. The third-order valence-electron chi connectivity index (χ3n) is 4.51. The smallest absolute Gasteiger partial charge is 0.226 e. The van der Waals surface area contributed by atoms with Gasteiger partial charge < -0.3 is 9.80 Å². The maximum Gasteiger partial charge on any atom is 0.226 e. The summed E-state index contributed by atoms with van der Waals surface area (Å²) in [4.78, 5) is 25.6. The van der Waals surface area contributed by atoms with Crippen molar-refractivity contribution < 1.29 is 4.79 Å². The summed E-state index contributed by atoms with van der Waals surface area (Å²) in [5, 5.41) is 0. The molecule has 5 nitrogen and oxygen atoms in total. The van der Waals surface area contributed by atoms with E-state index in [9.17, 15) is 4.79 Å². The number of nitrogens with zero attached hydrogens (tertiary/aromatic N) is 4. The monoisotopic (exact) mass is 302 g/mol. The van der Waals surface area contributed by atoms with Crippen LogP contribution in [0.1, 0.15) is 50.8 Å². The first kappa shape index (κ1) is 15.3. The van der Waals surface area contributed by atoms with Gasteiger partial charge in [-0.3, -0.25) is 4.79 Å². The standard InChI is InChI=1S/C17H26N4O/c1-3-8-20(9-4-2)16-14-7-10-21(17(22)13-5-6-13)11-15(14)18-12-19-16/h12-13H,3-11H2,1-2H3. The second kappa shape index (κ2) is 6.63. The number of carbonyl (C=O) groups is 1. The third-order valence-corrected chi connectivity index (χ3v) is 4.51. The minimum Gasteiger partial charge on any atom is -0.356 e. The fourth-order valence-electron chi connectivity index (χ4n) is 3.25. The number of fused-ring (bicyclic) bond motifs is 1. The fraction of sp³-hybridized carbons (Fsp3) is 0.706. The molecule has 0 aromatic carbocycles. The summed E-state index contributed by atoms with van der Waals surface area (Å²) < 4.78 is 0. The molecule has 0 bridgehead atoms. The summed E-state index contributed by atoms with van der Waals surface area (Å²) >= 11 is 0. The van der Waals surface area contributed by atoms with Crippen LogP contribution in [-0.4, -0.2) is 40.4 Å². The highest BCUT2D eigenvalue weighted by molar-refractivity contribution is 5.81. The van der Waals surface area contributed by atoms with E-state index in [0.29, 0.717) is 18.4 Å². The molecular formula is C17H26N4O. The largest absolute Gasteiger partial charge is 0.356 e. The Kier molecular flexibility index (Phi) is 4.60. The Morgan fingerprint density at radius 1 is 1.27 bits per heavy atom. The van der Waals surface area contributed by atoms with Gasteiger partial charge in [0.15, 0.2) is 0 Å². The lowest BCUT2D eigenvalue weighted by atomic mass is 10.0. The van der Waals surface area contributed by atoms with Crippen molar-refractivity contribution in [1.29, 1.82) is 0 Å². The van der Waals surface area contributed by atoms with Crippen LogP contribution in [0.2, 0.25) is 0 Å². The number of aromatic nitrogens is 2. The van der Waals surface area contributed by atoms with Gasteiger partial charge in [0.2, 0.25) is 5.91 Å². The Morgan fingerprint density at radius 2 is 2.00 bits per heavy atom. The Morgan fingerprint density at radius 3 is 2.64 bits per heavy atom. The lowest BCUT2D eigenvalue weighted by Crippen LogP contribution is -2.38. The van der Waals surface area contributed by atoms with Crippen molar-refractivity contribution >= 4 is 11.7 Å². The van der Waals surface area contributed by atoms with Gasteiger partial charge in [-0.25, -0.2) is 9.97 Å². The van der Waals surface area contributed by atoms with Crippen LogP contribution in [0.5, 0.6) is 0 Å². The summed E-state index contributed by atoms with van der Waals surface area (Å²) in [5.41, 5.74) is 2.30. The van der Waals surface area contributed by atoms with Gasteiger partial charge in [-0.15, -0.1) is 0 Å². The Labute approximate surface area is 132 Å². The summed E-state index contributed by atoms with van der Waals surface area (Å²) in [5.74, 6) is 1.71. The first-order valence-corrected chi connectivity index (χ1v) is 8.61. The van der Waals surface area contributed by atoms with Crippen molar-refractivity contribution in [1.82, 2.24) is 14.9 Å². The molecule has 2 aliphatic rings. The SMILES string of the molecule is CCCN(CCC)c1ncnc2c1CCN(C(=O)C1CC1)C2. The van der Waals surface area contributed by atoms with Gasteiger partial charge in [-0.2, -0.15) is 0 Å². The van der Waals surface area contributed by atoms with E-state index in [4.69, 9.17) is 0 Å². The number of carbonyl (C=O) groups excluding carboxylic acids is 1. The molecule has 0 unspecified atom stereocenters. The quantitative estimate of drug-likeness (QED) is 0.809. The molecule has 1 aromatic heterocycles. The van der Waals surface area contributed by atoms with E-state index in [1.165, 1.54) is 5.56 Å². The maximum atomic E-state index is 12.3. The molecule has 5 heteroatoms. The number of hydrogen-bond acceptors (Lipinski definition) is 4. The van der Waals surface area contributed by atoms with Gasteiger partial charge in [0.05, 0.1) is 12.2 Å². The van der Waals surface area contributed by atoms with Crippen molar-refractivity contribution in [2.24, 2.45) is 5.92 Å². The maximum absolute atomic E-state index is 12.3. The highest BCUT2D eigenvalue weighted by Crippen LogP contribution is 2.33. The van der Waals surface area contributed by atoms with Crippen LogP contribution in [0.4, 0.5) is 5.82 Å². The van der Waals surface area contributed by atoms with E-state index in [0.717, 1.165) is 63.3 Å². The first-order valence-electron chi connectivity index (χ1n) is 8.61. The molecule has 0 radical (unpaired) electrons. The lowest BCUT2D eigenvalue weighted by Gasteiger charge is -2.32. The molecule has 1 aromatic rings. The van der Waals surface area contributed by atoms with Crippen LogP contribution >= 0.6 is 0 Å². The Balaban J connectivity index is 1.81. The van der Waals surface area contributed by atoms with Gasteiger partial charge in [0.1, 0.15) is 12.1 Å². The molecular weight excluding hydrogens is 276 g/mol. The molecule has 1 saturated carbocycles. The zero-order chi connectivity index (χ0) is 15.5. The van der Waals surface area contributed by atoms with Crippen molar-refractivity contribution in [3.05, 3.63) is 17.6 Å². The minimum absolute atomic E-state index is 0.291. The highest BCUT2D eigenvalue weighted by atomic mass is 16.2. The zero-order valence-corrected chi connectivity index (χ0v) is 13.7. The van der Waals surface area contributed by atoms with Gasteiger partial charge in [-0.05, 0) is 32.1 Å². The van der Waals surface area contributed by atoms with E-state index in [1.54, 1.807) is 6.33 Å². The van der Waals surface area contributed by atoms with Gasteiger partial charge >= 0.3 is 0 Å². The van der Waals surface area contributed by atoms with Gasteiger partial charge in [0.25, 0.3) is 0 Å². The number of hydrogen-bond donors (Lipinski definition) is 0. The second-order valence-corrected chi connectivity index (χ2v) is 6.39. The molecule has 0 N–H and O–H groups in total. The van der Waals surface area contributed by atoms with Crippen molar-refractivity contribution in [3.63, 3.8) is 0 Å². The molecule has 1 amide bonds. The van der Waals surface area contributed by atoms with Crippen LogP contribution in [0, 0.1) is 5.92 Å². The van der Waals surface area contributed by atoms with Crippen LogP contribution in [0.3, 0.4) is 0 Å². The Bertz CT molecular complexity index is 535. The molecule has 1 aliphatic carbocycles. The molecule has 0 saturated heterocycles. The highest BCUT2D eigenvalue weighted by Gasteiger charge is 2.35. The van der Waals surface area contributed by atoms with Crippen LogP contribution in [-0.2, 0) is 17.8 Å². The lowest BCUT2D eigenvalue weighted by molar-refractivity contribution is -0.133. The van der Waals surface area contributed by atoms with Crippen molar-refractivity contribution in [2.45, 2.75) is 52.5 Å². The predicted molar refractivity (Wildman–Crippen MR) is 86.7 cm³/mol. The van der Waals surface area contributed by atoms with Crippen molar-refractivity contribution in [3.8, 4) is 0 Å². The van der Waals surface area contributed by atoms with E-state index < -0.39 is 0 Å². The van der Waals surface area contributed by atoms with Crippen molar-refractivity contribution in [2.75, 3.05) is 24.5 Å². The third kappa shape index (κ3) is 3.08. The Hall–Kier alpha value is -1.65. The normalized spacial score (nSPS) is 17.3. The molecule has 0 spiro atoms. The zero-order valence-electron chi connectivity index (χ0n) is 13.7. The first-order chi connectivity index (χ1) is 10.7. The molecule has 1 aliphatic heterocycles. The van der Waals surface area contributed by atoms with Crippen LogP contribution in [0.25, 0.3) is 0 Å². The minimum atomic E-state index is 0.291. The van der Waals surface area contributed by atoms with E-state index in [-0.39, 0.29) is 0 Å². The summed E-state index contributed by atoms with van der Waals surface area (Å²) in [6.07, 6.45) is 6.91. The molecule has 22 heavy (non-hydrogen) atoms. The van der Waals surface area contributed by atoms with E-state index in [1.807, 2.05) is 4.90 Å². The molecule has 1 fully saturated rings. The molecule has 120 valence electrons. The molecule has 0 atom stereocenters. The van der Waals surface area contributed by atoms with Gasteiger partial charge in [-0.1, -0.05) is 13.8 Å². The van der Waals surface area contributed by atoms with E-state index >= 15 is 0 Å². The number of amides is 1. The van der Waals surface area contributed by atoms with Crippen LogP contribution < -0.4 is 4.90 Å². The van der Waals surface area contributed by atoms with Gasteiger partial charge in [0, 0.05) is 31.1 Å². The van der Waals surface area contributed by atoms with Crippen LogP contribution in [0.15, 0.2) is 6.33 Å². The molecule has 3 rings (SSSR count). The topological polar surface area (TPSA) is 49.3 Å². The number of anilines is 1. The predicted octanol–water partition coefficient (Wildman–Crippen LogP) is 2.40. The van der Waals surface area contributed by atoms with E-state index in [2.05, 4.69) is 28.7 Å². The number of rotatable bonds is 6.